The zero-order valence-electron chi connectivity index (χ0n) is 15.7. The summed E-state index contributed by atoms with van der Waals surface area (Å²) in [4.78, 5) is 37.1. The second-order valence-electron chi connectivity index (χ2n) is 6.70. The summed E-state index contributed by atoms with van der Waals surface area (Å²) < 4.78 is 5.79. The van der Waals surface area contributed by atoms with Gasteiger partial charge in [-0.2, -0.15) is 0 Å². The SMILES string of the molecule is O=C(Oc1c(-c2nc3ccccc3c(=O)[nH]2)ccc2cccnc12)c1ccccc1. The first-order valence-corrected chi connectivity index (χ1v) is 9.35. The highest BCUT2D eigenvalue weighted by Crippen LogP contribution is 2.34. The molecule has 0 fully saturated rings. The van der Waals surface area contributed by atoms with Crippen molar-refractivity contribution in [2.45, 2.75) is 0 Å². The predicted octanol–water partition coefficient (Wildman–Crippen LogP) is 4.36. The average molecular weight is 393 g/mol. The highest BCUT2D eigenvalue weighted by atomic mass is 16.5. The van der Waals surface area contributed by atoms with E-state index in [0.717, 1.165) is 5.39 Å². The van der Waals surface area contributed by atoms with Crippen molar-refractivity contribution in [2.75, 3.05) is 0 Å². The molecule has 0 unspecified atom stereocenters. The molecule has 1 N–H and O–H groups in total. The molecule has 6 nitrogen and oxygen atoms in total. The van der Waals surface area contributed by atoms with Gasteiger partial charge in [0.2, 0.25) is 0 Å². The van der Waals surface area contributed by atoms with Crippen LogP contribution in [0.3, 0.4) is 0 Å². The molecule has 2 heterocycles. The fraction of sp³-hybridized carbons (Fsp3) is 0. The molecule has 3 aromatic carbocycles. The first-order valence-electron chi connectivity index (χ1n) is 9.35. The Morgan fingerprint density at radius 1 is 0.867 bits per heavy atom. The van der Waals surface area contributed by atoms with Gasteiger partial charge in [-0.1, -0.05) is 42.5 Å². The van der Waals surface area contributed by atoms with Crippen molar-refractivity contribution in [3.63, 3.8) is 0 Å². The van der Waals surface area contributed by atoms with E-state index in [1.54, 1.807) is 60.8 Å². The molecule has 0 radical (unpaired) electrons. The molecule has 0 saturated heterocycles. The summed E-state index contributed by atoms with van der Waals surface area (Å²) in [5.74, 6) is 0.0423. The van der Waals surface area contributed by atoms with Crippen molar-refractivity contribution in [2.24, 2.45) is 0 Å². The summed E-state index contributed by atoms with van der Waals surface area (Å²) in [6.45, 7) is 0. The van der Waals surface area contributed by atoms with Crippen molar-refractivity contribution in [3.05, 3.63) is 101 Å². The third kappa shape index (κ3) is 3.10. The third-order valence-electron chi connectivity index (χ3n) is 4.80. The number of H-pyrrole nitrogens is 1. The molecule has 0 bridgehead atoms. The third-order valence-corrected chi connectivity index (χ3v) is 4.80. The van der Waals surface area contributed by atoms with Gasteiger partial charge in [-0.3, -0.25) is 9.78 Å². The Labute approximate surface area is 170 Å². The van der Waals surface area contributed by atoms with Gasteiger partial charge in [-0.05, 0) is 36.4 Å². The van der Waals surface area contributed by atoms with Gasteiger partial charge in [-0.15, -0.1) is 0 Å². The predicted molar refractivity (Wildman–Crippen MR) is 115 cm³/mol. The van der Waals surface area contributed by atoms with Gasteiger partial charge in [0.05, 0.1) is 22.0 Å². The minimum atomic E-state index is -0.516. The van der Waals surface area contributed by atoms with Crippen LogP contribution in [0.1, 0.15) is 10.4 Å². The molecule has 0 amide bonds. The summed E-state index contributed by atoms with van der Waals surface area (Å²) in [6, 6.07) is 23.1. The van der Waals surface area contributed by atoms with Crippen LogP contribution in [-0.4, -0.2) is 20.9 Å². The fourth-order valence-electron chi connectivity index (χ4n) is 3.35. The smallest absolute Gasteiger partial charge is 0.343 e. The number of pyridine rings is 1. The standard InChI is InChI=1S/C24H15N3O3/c28-23-17-10-4-5-11-19(17)26-22(27-23)18-13-12-15-9-6-14-25-20(15)21(18)30-24(29)16-7-2-1-3-8-16/h1-14H,(H,26,27,28). The number of hydrogen-bond donors (Lipinski definition) is 1. The van der Waals surface area contributed by atoms with Crippen LogP contribution in [0.5, 0.6) is 5.75 Å². The van der Waals surface area contributed by atoms with Crippen LogP contribution >= 0.6 is 0 Å². The molecule has 5 rings (SSSR count). The molecule has 0 saturated carbocycles. The van der Waals surface area contributed by atoms with Crippen LogP contribution < -0.4 is 10.3 Å². The largest absolute Gasteiger partial charge is 0.420 e. The van der Waals surface area contributed by atoms with E-state index in [1.807, 2.05) is 24.3 Å². The maximum Gasteiger partial charge on any atom is 0.343 e. The number of nitrogens with one attached hydrogen (secondary N) is 1. The van der Waals surface area contributed by atoms with Crippen molar-refractivity contribution in [1.82, 2.24) is 15.0 Å². The minimum Gasteiger partial charge on any atom is -0.420 e. The lowest BCUT2D eigenvalue weighted by Gasteiger charge is -2.12. The van der Waals surface area contributed by atoms with Crippen molar-refractivity contribution < 1.29 is 9.53 Å². The monoisotopic (exact) mass is 393 g/mol. The molecule has 0 aliphatic heterocycles. The van der Waals surface area contributed by atoms with Crippen LogP contribution in [0.2, 0.25) is 0 Å². The van der Waals surface area contributed by atoms with E-state index < -0.39 is 5.97 Å². The summed E-state index contributed by atoms with van der Waals surface area (Å²) in [5.41, 5.74) is 1.69. The van der Waals surface area contributed by atoms with Crippen molar-refractivity contribution in [1.29, 1.82) is 0 Å². The second kappa shape index (κ2) is 7.25. The van der Waals surface area contributed by atoms with Gasteiger partial charge in [0.25, 0.3) is 5.56 Å². The molecule has 2 aromatic heterocycles. The van der Waals surface area contributed by atoms with Crippen molar-refractivity contribution >= 4 is 27.8 Å². The Bertz CT molecular complexity index is 1460. The van der Waals surface area contributed by atoms with E-state index >= 15 is 0 Å². The first-order chi connectivity index (χ1) is 14.7. The number of aromatic nitrogens is 3. The van der Waals surface area contributed by atoms with E-state index in [0.29, 0.717) is 33.4 Å². The van der Waals surface area contributed by atoms with Crippen LogP contribution in [-0.2, 0) is 0 Å². The van der Waals surface area contributed by atoms with E-state index in [9.17, 15) is 9.59 Å². The summed E-state index contributed by atoms with van der Waals surface area (Å²) in [5, 5.41) is 1.29. The molecular formula is C24H15N3O3. The number of carbonyl (C=O) groups excluding carboxylic acids is 1. The van der Waals surface area contributed by atoms with Gasteiger partial charge in [0, 0.05) is 11.6 Å². The van der Waals surface area contributed by atoms with E-state index in [4.69, 9.17) is 4.74 Å². The van der Waals surface area contributed by atoms with Crippen LogP contribution in [0.25, 0.3) is 33.2 Å². The van der Waals surface area contributed by atoms with Crippen LogP contribution in [0.4, 0.5) is 0 Å². The maximum absolute atomic E-state index is 12.8. The lowest BCUT2D eigenvalue weighted by atomic mass is 10.1. The number of esters is 1. The Hall–Kier alpha value is -4.32. The molecule has 0 aliphatic rings. The lowest BCUT2D eigenvalue weighted by Crippen LogP contribution is -2.12. The zero-order chi connectivity index (χ0) is 20.5. The molecule has 5 aromatic rings. The molecule has 0 atom stereocenters. The van der Waals surface area contributed by atoms with Gasteiger partial charge >= 0.3 is 5.97 Å². The Morgan fingerprint density at radius 2 is 1.67 bits per heavy atom. The summed E-state index contributed by atoms with van der Waals surface area (Å²) in [7, 11) is 0. The van der Waals surface area contributed by atoms with E-state index in [-0.39, 0.29) is 11.3 Å². The number of para-hydroxylation sites is 1. The second-order valence-corrected chi connectivity index (χ2v) is 6.70. The van der Waals surface area contributed by atoms with Crippen LogP contribution in [0.15, 0.2) is 89.9 Å². The fourth-order valence-corrected chi connectivity index (χ4v) is 3.35. The van der Waals surface area contributed by atoms with E-state index in [2.05, 4.69) is 15.0 Å². The highest BCUT2D eigenvalue weighted by molar-refractivity contribution is 5.98. The number of hydrogen-bond acceptors (Lipinski definition) is 5. The molecule has 144 valence electrons. The normalized spacial score (nSPS) is 10.9. The first kappa shape index (κ1) is 17.8. The number of carbonyl (C=O) groups is 1. The molecule has 0 spiro atoms. The van der Waals surface area contributed by atoms with Gasteiger partial charge in [0.1, 0.15) is 11.3 Å². The Kier molecular flexibility index (Phi) is 4.29. The van der Waals surface area contributed by atoms with E-state index in [1.165, 1.54) is 0 Å². The summed E-state index contributed by atoms with van der Waals surface area (Å²) in [6.07, 6.45) is 1.63. The van der Waals surface area contributed by atoms with Gasteiger partial charge in [-0.25, -0.2) is 9.78 Å². The molecular weight excluding hydrogens is 378 g/mol. The average Bonchev–Trinajstić information content (AvgIpc) is 2.80. The summed E-state index contributed by atoms with van der Waals surface area (Å²) >= 11 is 0. The maximum atomic E-state index is 12.8. The van der Waals surface area contributed by atoms with Gasteiger partial charge in [0.15, 0.2) is 5.75 Å². The molecule has 30 heavy (non-hydrogen) atoms. The number of fused-ring (bicyclic) bond motifs is 2. The number of rotatable bonds is 3. The lowest BCUT2D eigenvalue weighted by molar-refractivity contribution is 0.0737. The number of benzene rings is 3. The number of nitrogens with zero attached hydrogens (tertiary/aromatic N) is 2. The number of ether oxygens (including phenoxy) is 1. The Morgan fingerprint density at radius 3 is 2.53 bits per heavy atom. The zero-order valence-corrected chi connectivity index (χ0v) is 15.7. The van der Waals surface area contributed by atoms with Gasteiger partial charge < -0.3 is 9.72 Å². The highest BCUT2D eigenvalue weighted by Gasteiger charge is 2.19. The van der Waals surface area contributed by atoms with Crippen LogP contribution in [0, 0.1) is 0 Å². The molecule has 6 heteroatoms. The quantitative estimate of drug-likeness (QED) is 0.364. The topological polar surface area (TPSA) is 84.9 Å². The Balaban J connectivity index is 1.72. The van der Waals surface area contributed by atoms with Crippen molar-refractivity contribution in [3.8, 4) is 17.1 Å². The number of aromatic amines is 1. The minimum absolute atomic E-state index is 0.250. The molecule has 0 aliphatic carbocycles.